The lowest BCUT2D eigenvalue weighted by atomic mass is 9.94. The smallest absolute Gasteiger partial charge is 0.260 e. The number of aromatic nitrogens is 3. The summed E-state index contributed by atoms with van der Waals surface area (Å²) in [7, 11) is 0. The molecule has 1 amide bonds. The Kier molecular flexibility index (Phi) is 6.71. The average molecular weight is 488 g/mol. The van der Waals surface area contributed by atoms with Crippen LogP contribution in [0.5, 0.6) is 5.75 Å². The Balaban J connectivity index is 1.89. The molecule has 3 heterocycles. The Bertz CT molecular complexity index is 1240. The third-order valence-electron chi connectivity index (χ3n) is 6.35. The second kappa shape index (κ2) is 9.41. The van der Waals surface area contributed by atoms with Crippen LogP contribution in [0, 0.1) is 18.7 Å². The fraction of sp³-hybridized carbons (Fsp3) is 0.480. The van der Waals surface area contributed by atoms with Gasteiger partial charge in [-0.25, -0.2) is 14.4 Å². The standard InChI is InChI=1S/C25H31ClFN5O2/c1-13(2)34-22-17(15(4)24-30-16(5)21-23(28)29-8-10-32(21)24)11-18(26)20(27)19(22)25(33)31-9-6-7-14(3)12-31/h8,10-11,13-15H,6-7,9,12H2,1-5H3,(H2,28,29)/t14-,15-/m0/s1. The van der Waals surface area contributed by atoms with Crippen molar-refractivity contribution < 1.29 is 13.9 Å². The van der Waals surface area contributed by atoms with Crippen LogP contribution in [0.1, 0.15) is 73.9 Å². The topological polar surface area (TPSA) is 85.8 Å². The summed E-state index contributed by atoms with van der Waals surface area (Å²) >= 11 is 6.36. The van der Waals surface area contributed by atoms with Crippen LogP contribution >= 0.6 is 11.6 Å². The molecule has 1 aromatic carbocycles. The summed E-state index contributed by atoms with van der Waals surface area (Å²) in [5.41, 5.74) is 8.01. The molecule has 2 aromatic heterocycles. The van der Waals surface area contributed by atoms with E-state index in [1.807, 2.05) is 32.1 Å². The predicted molar refractivity (Wildman–Crippen MR) is 131 cm³/mol. The number of halogens is 2. The number of piperidine rings is 1. The fourth-order valence-corrected chi connectivity index (χ4v) is 4.96. The highest BCUT2D eigenvalue weighted by Crippen LogP contribution is 2.40. The van der Waals surface area contributed by atoms with E-state index in [9.17, 15) is 4.79 Å². The number of hydrogen-bond donors (Lipinski definition) is 1. The molecule has 0 saturated carbocycles. The second-order valence-electron chi connectivity index (χ2n) is 9.44. The Morgan fingerprint density at radius 3 is 2.76 bits per heavy atom. The van der Waals surface area contributed by atoms with Crippen molar-refractivity contribution in [3.05, 3.63) is 51.9 Å². The number of likely N-dealkylation sites (tertiary alicyclic amines) is 1. The number of amides is 1. The summed E-state index contributed by atoms with van der Waals surface area (Å²) < 4.78 is 23.4. The maximum atomic E-state index is 15.5. The summed E-state index contributed by atoms with van der Waals surface area (Å²) in [4.78, 5) is 24.2. The number of carbonyl (C=O) groups excluding carboxylic acids is 1. The van der Waals surface area contributed by atoms with Crippen molar-refractivity contribution >= 4 is 28.8 Å². The van der Waals surface area contributed by atoms with E-state index in [2.05, 4.69) is 11.9 Å². The van der Waals surface area contributed by atoms with E-state index in [0.717, 1.165) is 18.5 Å². The van der Waals surface area contributed by atoms with Gasteiger partial charge in [-0.15, -0.1) is 0 Å². The molecular weight excluding hydrogens is 457 g/mol. The number of carbonyl (C=O) groups is 1. The maximum Gasteiger partial charge on any atom is 0.260 e. The Labute approximate surface area is 204 Å². The van der Waals surface area contributed by atoms with Crippen molar-refractivity contribution in [2.24, 2.45) is 5.92 Å². The zero-order chi connectivity index (χ0) is 24.7. The van der Waals surface area contributed by atoms with Crippen LogP contribution in [0.25, 0.3) is 5.52 Å². The highest BCUT2D eigenvalue weighted by atomic mass is 35.5. The predicted octanol–water partition coefficient (Wildman–Crippen LogP) is 5.22. The van der Waals surface area contributed by atoms with Gasteiger partial charge in [-0.1, -0.05) is 25.4 Å². The van der Waals surface area contributed by atoms with Gasteiger partial charge in [0, 0.05) is 37.0 Å². The third kappa shape index (κ3) is 4.31. The number of anilines is 1. The van der Waals surface area contributed by atoms with Gasteiger partial charge < -0.3 is 15.4 Å². The zero-order valence-corrected chi connectivity index (χ0v) is 21.0. The van der Waals surface area contributed by atoms with E-state index in [4.69, 9.17) is 27.1 Å². The molecule has 2 N–H and O–H groups in total. The molecule has 0 aliphatic carbocycles. The quantitative estimate of drug-likeness (QED) is 0.533. The van der Waals surface area contributed by atoms with E-state index in [1.165, 1.54) is 6.07 Å². The maximum absolute atomic E-state index is 15.5. The lowest BCUT2D eigenvalue weighted by Gasteiger charge is -2.32. The molecule has 7 nitrogen and oxygen atoms in total. The number of nitrogens with zero attached hydrogens (tertiary/aromatic N) is 4. The molecule has 9 heteroatoms. The molecule has 4 rings (SSSR count). The molecular formula is C25H31ClFN5O2. The second-order valence-corrected chi connectivity index (χ2v) is 9.85. The van der Waals surface area contributed by atoms with Crippen molar-refractivity contribution in [2.45, 2.75) is 59.5 Å². The van der Waals surface area contributed by atoms with Crippen LogP contribution in [-0.2, 0) is 0 Å². The van der Waals surface area contributed by atoms with Crippen molar-refractivity contribution in [3.8, 4) is 5.75 Å². The van der Waals surface area contributed by atoms with Crippen molar-refractivity contribution in [3.63, 3.8) is 0 Å². The SMILES string of the molecule is Cc1nc([C@@H](C)c2cc(Cl)c(F)c(C(=O)N3CCC[C@H](C)C3)c2OC(C)C)n2ccnc(N)c12. The number of imidazole rings is 1. The molecule has 0 bridgehead atoms. The summed E-state index contributed by atoms with van der Waals surface area (Å²) in [6, 6.07) is 1.54. The summed E-state index contributed by atoms with van der Waals surface area (Å²) in [6.07, 6.45) is 5.04. The Morgan fingerprint density at radius 1 is 1.35 bits per heavy atom. The normalized spacial score (nSPS) is 17.4. The lowest BCUT2D eigenvalue weighted by molar-refractivity contribution is 0.0671. The molecule has 182 valence electrons. The van der Waals surface area contributed by atoms with Crippen LogP contribution in [-0.4, -0.2) is 44.4 Å². The Morgan fingerprint density at radius 2 is 2.09 bits per heavy atom. The number of nitrogen functional groups attached to an aromatic ring is 1. The van der Waals surface area contributed by atoms with Gasteiger partial charge in [0.2, 0.25) is 0 Å². The van der Waals surface area contributed by atoms with Crippen LogP contribution in [0.15, 0.2) is 18.5 Å². The molecule has 1 saturated heterocycles. The van der Waals surface area contributed by atoms with Crippen molar-refractivity contribution in [1.82, 2.24) is 19.3 Å². The molecule has 3 aromatic rings. The number of ether oxygens (including phenoxy) is 1. The fourth-order valence-electron chi connectivity index (χ4n) is 4.75. The largest absolute Gasteiger partial charge is 0.490 e. The van der Waals surface area contributed by atoms with Gasteiger partial charge in [-0.2, -0.15) is 0 Å². The van der Waals surface area contributed by atoms with Gasteiger partial charge in [0.05, 0.1) is 16.8 Å². The van der Waals surface area contributed by atoms with Crippen LogP contribution in [0.2, 0.25) is 5.02 Å². The summed E-state index contributed by atoms with van der Waals surface area (Å²) in [5, 5.41) is -0.120. The molecule has 0 spiro atoms. The van der Waals surface area contributed by atoms with E-state index in [0.29, 0.717) is 41.7 Å². The van der Waals surface area contributed by atoms with E-state index in [1.54, 1.807) is 17.3 Å². The lowest BCUT2D eigenvalue weighted by Crippen LogP contribution is -2.40. The number of aryl methyl sites for hydroxylation is 1. The minimum atomic E-state index is -0.755. The number of nitrogens with two attached hydrogens (primary N) is 1. The van der Waals surface area contributed by atoms with Crippen LogP contribution in [0.3, 0.4) is 0 Å². The van der Waals surface area contributed by atoms with E-state index < -0.39 is 11.7 Å². The highest BCUT2D eigenvalue weighted by Gasteiger charge is 2.33. The number of hydrogen-bond acceptors (Lipinski definition) is 5. The first-order chi connectivity index (χ1) is 16.1. The first-order valence-electron chi connectivity index (χ1n) is 11.7. The summed E-state index contributed by atoms with van der Waals surface area (Å²) in [5.74, 6) is 0.0823. The van der Waals surface area contributed by atoms with E-state index >= 15 is 4.39 Å². The monoisotopic (exact) mass is 487 g/mol. The molecule has 1 aliphatic heterocycles. The van der Waals surface area contributed by atoms with Gasteiger partial charge in [-0.05, 0) is 45.6 Å². The van der Waals surface area contributed by atoms with Crippen molar-refractivity contribution in [2.75, 3.05) is 18.8 Å². The van der Waals surface area contributed by atoms with Gasteiger partial charge in [0.25, 0.3) is 5.91 Å². The number of fused-ring (bicyclic) bond motifs is 1. The molecule has 0 unspecified atom stereocenters. The minimum absolute atomic E-state index is 0.115. The van der Waals surface area contributed by atoms with Crippen molar-refractivity contribution in [1.29, 1.82) is 0 Å². The first-order valence-corrected chi connectivity index (χ1v) is 12.0. The molecule has 0 radical (unpaired) electrons. The first kappa shape index (κ1) is 24.3. The number of benzene rings is 1. The highest BCUT2D eigenvalue weighted by molar-refractivity contribution is 6.31. The van der Waals surface area contributed by atoms with Gasteiger partial charge >= 0.3 is 0 Å². The average Bonchev–Trinajstić information content (AvgIpc) is 3.13. The van der Waals surface area contributed by atoms with E-state index in [-0.39, 0.29) is 28.4 Å². The Hall–Kier alpha value is -2.87. The molecule has 1 fully saturated rings. The molecule has 1 aliphatic rings. The van der Waals surface area contributed by atoms with Crippen LogP contribution in [0.4, 0.5) is 10.2 Å². The zero-order valence-electron chi connectivity index (χ0n) is 20.2. The van der Waals surface area contributed by atoms with Gasteiger partial charge in [0.15, 0.2) is 5.82 Å². The molecule has 2 atom stereocenters. The van der Waals surface area contributed by atoms with Gasteiger partial charge in [-0.3, -0.25) is 9.20 Å². The third-order valence-corrected chi connectivity index (χ3v) is 6.63. The summed E-state index contributed by atoms with van der Waals surface area (Å²) in [6.45, 7) is 10.7. The van der Waals surface area contributed by atoms with Gasteiger partial charge in [0.1, 0.15) is 28.5 Å². The number of rotatable bonds is 5. The van der Waals surface area contributed by atoms with Crippen LogP contribution < -0.4 is 10.5 Å². The minimum Gasteiger partial charge on any atom is -0.490 e. The molecule has 34 heavy (non-hydrogen) atoms.